The average molecular weight is 240 g/mol. The van der Waals surface area contributed by atoms with Crippen LogP contribution in [0.15, 0.2) is 24.3 Å². The fraction of sp³-hybridized carbons (Fsp3) is 0.500. The third-order valence-electron chi connectivity index (χ3n) is 3.29. The maximum absolute atomic E-state index is 11.7. The largest absolute Gasteiger partial charge is 0.396 e. The van der Waals surface area contributed by atoms with Crippen LogP contribution in [-0.4, -0.2) is 26.4 Å². The smallest absolute Gasteiger partial charge is 0.157 e. The molecule has 88 valence electrons. The van der Waals surface area contributed by atoms with E-state index in [4.69, 9.17) is 5.11 Å². The Labute approximate surface area is 96.0 Å². The second kappa shape index (κ2) is 3.86. The van der Waals surface area contributed by atoms with Gasteiger partial charge in [-0.15, -0.1) is 0 Å². The van der Waals surface area contributed by atoms with Crippen molar-refractivity contribution in [2.24, 2.45) is 0 Å². The summed E-state index contributed by atoms with van der Waals surface area (Å²) in [6, 6.07) is 7.55. The van der Waals surface area contributed by atoms with Gasteiger partial charge < -0.3 is 5.11 Å². The van der Waals surface area contributed by atoms with Gasteiger partial charge in [0, 0.05) is 12.9 Å². The molecule has 1 saturated carbocycles. The maximum atomic E-state index is 11.7. The van der Waals surface area contributed by atoms with Crippen LogP contribution >= 0.6 is 0 Å². The molecule has 0 bridgehead atoms. The Morgan fingerprint density at radius 2 is 1.81 bits per heavy atom. The molecule has 0 amide bonds. The first-order chi connectivity index (χ1) is 7.49. The van der Waals surface area contributed by atoms with Crippen LogP contribution in [0.3, 0.4) is 0 Å². The Morgan fingerprint density at radius 1 is 1.25 bits per heavy atom. The molecule has 0 spiro atoms. The molecule has 3 nitrogen and oxygen atoms in total. The molecule has 0 aliphatic heterocycles. The van der Waals surface area contributed by atoms with E-state index in [1.54, 1.807) is 0 Å². The third-order valence-corrected chi connectivity index (χ3v) is 5.36. The first kappa shape index (κ1) is 11.6. The Hall–Kier alpha value is -0.870. The summed E-state index contributed by atoms with van der Waals surface area (Å²) in [5.74, 6) is 0. The van der Waals surface area contributed by atoms with E-state index in [1.165, 1.54) is 6.26 Å². The van der Waals surface area contributed by atoms with Gasteiger partial charge in [-0.3, -0.25) is 0 Å². The van der Waals surface area contributed by atoms with E-state index in [0.717, 1.165) is 24.0 Å². The lowest BCUT2D eigenvalue weighted by atomic mass is 10.1. The van der Waals surface area contributed by atoms with Gasteiger partial charge in [-0.25, -0.2) is 8.42 Å². The maximum Gasteiger partial charge on any atom is 0.157 e. The number of aliphatic hydroxyl groups is 1. The van der Waals surface area contributed by atoms with Gasteiger partial charge in [0.2, 0.25) is 0 Å². The molecule has 0 atom stereocenters. The molecule has 1 aliphatic rings. The highest BCUT2D eigenvalue weighted by Gasteiger charge is 2.53. The summed E-state index contributed by atoms with van der Waals surface area (Å²) in [6.07, 6.45) is 3.38. The monoisotopic (exact) mass is 240 g/mol. The van der Waals surface area contributed by atoms with E-state index in [1.807, 2.05) is 24.3 Å². The van der Waals surface area contributed by atoms with E-state index >= 15 is 0 Å². The number of hydrogen-bond acceptors (Lipinski definition) is 3. The van der Waals surface area contributed by atoms with E-state index < -0.39 is 14.6 Å². The Kier molecular flexibility index (Phi) is 2.80. The van der Waals surface area contributed by atoms with Crippen LogP contribution in [0.4, 0.5) is 0 Å². The number of aliphatic hydroxyl groups excluding tert-OH is 1. The van der Waals surface area contributed by atoms with Gasteiger partial charge in [-0.2, -0.15) is 0 Å². The molecule has 2 rings (SSSR count). The van der Waals surface area contributed by atoms with Crippen LogP contribution in [0.2, 0.25) is 0 Å². The lowest BCUT2D eigenvalue weighted by molar-refractivity contribution is 0.299. The topological polar surface area (TPSA) is 54.4 Å². The van der Waals surface area contributed by atoms with Crippen LogP contribution in [0.1, 0.15) is 24.0 Å². The molecule has 1 fully saturated rings. The molecular formula is C12H16O3S. The standard InChI is InChI=1S/C12H16O3S/c1-16(14,15)12(7-8-12)11-4-2-10(3-5-11)6-9-13/h2-5,13H,6-9H2,1H3. The molecule has 0 radical (unpaired) electrons. The Balaban J connectivity index is 2.29. The quantitative estimate of drug-likeness (QED) is 0.862. The zero-order valence-corrected chi connectivity index (χ0v) is 10.1. The lowest BCUT2D eigenvalue weighted by Gasteiger charge is -2.13. The van der Waals surface area contributed by atoms with Gasteiger partial charge in [0.1, 0.15) is 0 Å². The molecule has 1 aromatic carbocycles. The van der Waals surface area contributed by atoms with Gasteiger partial charge in [0.15, 0.2) is 9.84 Å². The minimum absolute atomic E-state index is 0.122. The summed E-state index contributed by atoms with van der Waals surface area (Å²) in [6.45, 7) is 0.122. The van der Waals surface area contributed by atoms with Crippen molar-refractivity contribution in [2.45, 2.75) is 24.0 Å². The summed E-state index contributed by atoms with van der Waals surface area (Å²) in [4.78, 5) is 0. The highest BCUT2D eigenvalue weighted by molar-refractivity contribution is 7.92. The van der Waals surface area contributed by atoms with Crippen molar-refractivity contribution in [2.75, 3.05) is 12.9 Å². The van der Waals surface area contributed by atoms with Gasteiger partial charge >= 0.3 is 0 Å². The zero-order chi connectivity index (χ0) is 11.8. The molecule has 0 heterocycles. The molecule has 1 aromatic rings. The molecule has 1 aliphatic carbocycles. The van der Waals surface area contributed by atoms with Crippen molar-refractivity contribution in [1.29, 1.82) is 0 Å². The third kappa shape index (κ3) is 1.87. The molecule has 0 unspecified atom stereocenters. The average Bonchev–Trinajstić information content (AvgIpc) is 2.99. The lowest BCUT2D eigenvalue weighted by Crippen LogP contribution is -2.19. The summed E-state index contributed by atoms with van der Waals surface area (Å²) < 4.78 is 22.8. The minimum atomic E-state index is -3.02. The summed E-state index contributed by atoms with van der Waals surface area (Å²) >= 11 is 0. The highest BCUT2D eigenvalue weighted by Crippen LogP contribution is 2.52. The van der Waals surface area contributed by atoms with Crippen molar-refractivity contribution in [3.63, 3.8) is 0 Å². The SMILES string of the molecule is CS(=O)(=O)C1(c2ccc(CCO)cc2)CC1. The van der Waals surface area contributed by atoms with E-state index in [2.05, 4.69) is 0 Å². The predicted octanol–water partition coefficient (Wildman–Crippen LogP) is 1.26. The van der Waals surface area contributed by atoms with E-state index in [-0.39, 0.29) is 6.61 Å². The van der Waals surface area contributed by atoms with Crippen molar-refractivity contribution in [1.82, 2.24) is 0 Å². The first-order valence-corrected chi connectivity index (χ1v) is 7.29. The zero-order valence-electron chi connectivity index (χ0n) is 9.31. The summed E-state index contributed by atoms with van der Waals surface area (Å²) in [7, 11) is -3.02. The van der Waals surface area contributed by atoms with Gasteiger partial charge in [-0.05, 0) is 30.4 Å². The molecule has 16 heavy (non-hydrogen) atoms. The van der Waals surface area contributed by atoms with Crippen molar-refractivity contribution in [3.05, 3.63) is 35.4 Å². The molecule has 0 aromatic heterocycles. The second-order valence-electron chi connectivity index (χ2n) is 4.44. The van der Waals surface area contributed by atoms with E-state index in [9.17, 15) is 8.42 Å². The normalized spacial score (nSPS) is 18.4. The fourth-order valence-electron chi connectivity index (χ4n) is 2.09. The van der Waals surface area contributed by atoms with Crippen molar-refractivity contribution < 1.29 is 13.5 Å². The minimum Gasteiger partial charge on any atom is -0.396 e. The van der Waals surface area contributed by atoms with Crippen LogP contribution < -0.4 is 0 Å². The number of benzene rings is 1. The van der Waals surface area contributed by atoms with Gasteiger partial charge in [0.05, 0.1) is 4.75 Å². The molecule has 0 saturated heterocycles. The van der Waals surface area contributed by atoms with Crippen molar-refractivity contribution >= 4 is 9.84 Å². The number of sulfone groups is 1. The van der Waals surface area contributed by atoms with Crippen LogP contribution in [-0.2, 0) is 21.0 Å². The summed E-state index contributed by atoms with van der Waals surface area (Å²) in [5.41, 5.74) is 1.92. The van der Waals surface area contributed by atoms with Crippen LogP contribution in [0.5, 0.6) is 0 Å². The molecule has 4 heteroatoms. The molecular weight excluding hydrogens is 224 g/mol. The highest BCUT2D eigenvalue weighted by atomic mass is 32.2. The molecule has 1 N–H and O–H groups in total. The van der Waals surface area contributed by atoms with Gasteiger partial charge in [-0.1, -0.05) is 24.3 Å². The van der Waals surface area contributed by atoms with E-state index in [0.29, 0.717) is 6.42 Å². The predicted molar refractivity (Wildman–Crippen MR) is 63.0 cm³/mol. The number of hydrogen-bond donors (Lipinski definition) is 1. The Bertz CT molecular complexity index is 469. The summed E-state index contributed by atoms with van der Waals surface area (Å²) in [5, 5.41) is 8.79. The number of rotatable bonds is 4. The van der Waals surface area contributed by atoms with Gasteiger partial charge in [0.25, 0.3) is 0 Å². The van der Waals surface area contributed by atoms with Crippen molar-refractivity contribution in [3.8, 4) is 0 Å². The second-order valence-corrected chi connectivity index (χ2v) is 6.76. The Morgan fingerprint density at radius 3 is 2.19 bits per heavy atom. The van der Waals surface area contributed by atoms with Crippen LogP contribution in [0.25, 0.3) is 0 Å². The first-order valence-electron chi connectivity index (χ1n) is 5.39. The fourth-order valence-corrected chi connectivity index (χ4v) is 3.50. The van der Waals surface area contributed by atoms with Crippen LogP contribution in [0, 0.1) is 0 Å².